The van der Waals surface area contributed by atoms with Crippen LogP contribution in [0.5, 0.6) is 0 Å². The number of nitrogens with one attached hydrogen (secondary N) is 1. The Balaban J connectivity index is 1.71. The Bertz CT molecular complexity index is 786. The summed E-state index contributed by atoms with van der Waals surface area (Å²) < 4.78 is 11.0. The van der Waals surface area contributed by atoms with Gasteiger partial charge in [0.2, 0.25) is 12.2 Å². The van der Waals surface area contributed by atoms with Crippen LogP contribution < -0.4 is 5.32 Å². The minimum absolute atomic E-state index is 0.000439. The van der Waals surface area contributed by atoms with Crippen molar-refractivity contribution in [3.05, 3.63) is 34.9 Å². The highest BCUT2D eigenvalue weighted by molar-refractivity contribution is 6.31. The molecule has 1 aromatic rings. The first-order valence-electron chi connectivity index (χ1n) is 9.98. The number of Topliss-reactive ketones (excluding diaryl/α,β-unsaturated/α-hetero) is 1. The van der Waals surface area contributed by atoms with Crippen molar-refractivity contribution in [3.8, 4) is 0 Å². The molecule has 1 aliphatic heterocycles. The Hall–Kier alpha value is -2.12. The van der Waals surface area contributed by atoms with E-state index in [0.29, 0.717) is 36.3 Å². The van der Waals surface area contributed by atoms with Crippen molar-refractivity contribution in [1.82, 2.24) is 10.2 Å². The Morgan fingerprint density at radius 2 is 2.07 bits per heavy atom. The number of carbonyl (C=O) groups excluding carboxylic acids is 3. The van der Waals surface area contributed by atoms with Crippen LogP contribution in [0.15, 0.2) is 24.3 Å². The molecule has 2 amide bonds. The number of hydrogen-bond acceptors (Lipinski definition) is 5. The van der Waals surface area contributed by atoms with Crippen LogP contribution in [-0.4, -0.2) is 48.7 Å². The van der Waals surface area contributed by atoms with Crippen molar-refractivity contribution >= 4 is 29.4 Å². The summed E-state index contributed by atoms with van der Waals surface area (Å²) in [7, 11) is 1.57. The summed E-state index contributed by atoms with van der Waals surface area (Å²) in [6.45, 7) is 1.88. The summed E-state index contributed by atoms with van der Waals surface area (Å²) in [6, 6.07) is 7.05. The van der Waals surface area contributed by atoms with Gasteiger partial charge in [-0.3, -0.25) is 14.5 Å². The summed E-state index contributed by atoms with van der Waals surface area (Å²) in [6.07, 6.45) is 2.19. The van der Waals surface area contributed by atoms with Gasteiger partial charge in [-0.25, -0.2) is 4.79 Å². The van der Waals surface area contributed by atoms with Gasteiger partial charge in [0.1, 0.15) is 5.54 Å². The van der Waals surface area contributed by atoms with E-state index in [4.69, 9.17) is 21.1 Å². The molecule has 1 aliphatic carbocycles. The highest BCUT2D eigenvalue weighted by Gasteiger charge is 2.48. The van der Waals surface area contributed by atoms with Crippen molar-refractivity contribution in [1.29, 1.82) is 0 Å². The second-order valence-corrected chi connectivity index (χ2v) is 8.02. The van der Waals surface area contributed by atoms with Gasteiger partial charge >= 0.3 is 6.09 Å². The van der Waals surface area contributed by atoms with Crippen LogP contribution in [-0.2, 0) is 24.6 Å². The second kappa shape index (κ2) is 9.13. The molecular formula is C21H27ClN2O5. The SMILES string of the molecule is CC(OCC1CCC(=O)N1)OC(=O)N(C)[C@]1(c2ccccc2Cl)CCCCC1=O. The molecule has 2 aliphatic rings. The highest BCUT2D eigenvalue weighted by atomic mass is 35.5. The zero-order chi connectivity index (χ0) is 21.0. The van der Waals surface area contributed by atoms with Gasteiger partial charge in [-0.05, 0) is 38.7 Å². The number of rotatable bonds is 6. The first-order chi connectivity index (χ1) is 13.8. The standard InChI is InChI=1S/C21H27ClN2O5/c1-14(28-13-15-10-11-19(26)23-15)29-20(27)24(2)21(12-6-5-9-18(21)25)16-7-3-4-8-17(16)22/h3-4,7-8,14-15H,5-6,9-13H2,1-2H3,(H,23,26)/t14?,15?,21-/m0/s1. The first kappa shape index (κ1) is 21.6. The number of nitrogens with zero attached hydrogens (tertiary/aromatic N) is 1. The molecule has 2 fully saturated rings. The Kier molecular flexibility index (Phi) is 6.80. The van der Waals surface area contributed by atoms with Gasteiger partial charge in [-0.15, -0.1) is 0 Å². The molecule has 1 saturated heterocycles. The maximum atomic E-state index is 13.1. The number of amides is 2. The zero-order valence-corrected chi connectivity index (χ0v) is 17.5. The maximum Gasteiger partial charge on any atom is 0.412 e. The molecule has 158 valence electrons. The second-order valence-electron chi connectivity index (χ2n) is 7.62. The van der Waals surface area contributed by atoms with Gasteiger partial charge in [0.15, 0.2) is 5.78 Å². The Morgan fingerprint density at radius 3 is 2.72 bits per heavy atom. The van der Waals surface area contributed by atoms with Gasteiger partial charge in [0.25, 0.3) is 0 Å². The van der Waals surface area contributed by atoms with Gasteiger partial charge in [0.05, 0.1) is 12.6 Å². The van der Waals surface area contributed by atoms with E-state index in [0.717, 1.165) is 12.8 Å². The Labute approximate surface area is 175 Å². The van der Waals surface area contributed by atoms with E-state index in [1.165, 1.54) is 4.90 Å². The largest absolute Gasteiger partial charge is 0.420 e. The van der Waals surface area contributed by atoms with Gasteiger partial charge in [0, 0.05) is 30.5 Å². The van der Waals surface area contributed by atoms with E-state index >= 15 is 0 Å². The molecule has 2 unspecified atom stereocenters. The third kappa shape index (κ3) is 4.56. The topological polar surface area (TPSA) is 84.9 Å². The normalized spacial score (nSPS) is 25.4. The maximum absolute atomic E-state index is 13.1. The van der Waals surface area contributed by atoms with Crippen LogP contribution in [0.2, 0.25) is 5.02 Å². The number of ketones is 1. The average Bonchev–Trinajstić information content (AvgIpc) is 3.12. The molecule has 1 saturated carbocycles. The summed E-state index contributed by atoms with van der Waals surface area (Å²) in [4.78, 5) is 38.6. The predicted octanol–water partition coefficient (Wildman–Crippen LogP) is 3.39. The molecule has 0 bridgehead atoms. The average molecular weight is 423 g/mol. The van der Waals surface area contributed by atoms with E-state index < -0.39 is 17.9 Å². The lowest BCUT2D eigenvalue weighted by Crippen LogP contribution is -2.54. The van der Waals surface area contributed by atoms with E-state index in [9.17, 15) is 14.4 Å². The fourth-order valence-electron chi connectivity index (χ4n) is 4.09. The number of halogens is 1. The van der Waals surface area contributed by atoms with Crippen molar-refractivity contribution < 1.29 is 23.9 Å². The van der Waals surface area contributed by atoms with Crippen molar-refractivity contribution in [3.63, 3.8) is 0 Å². The van der Waals surface area contributed by atoms with Crippen molar-refractivity contribution in [2.45, 2.75) is 63.3 Å². The van der Waals surface area contributed by atoms with Gasteiger partial charge < -0.3 is 14.8 Å². The van der Waals surface area contributed by atoms with E-state index in [1.807, 2.05) is 6.07 Å². The van der Waals surface area contributed by atoms with Crippen LogP contribution in [0.4, 0.5) is 4.79 Å². The lowest BCUT2D eigenvalue weighted by molar-refractivity contribution is -0.138. The molecule has 1 heterocycles. The number of ether oxygens (including phenoxy) is 2. The highest BCUT2D eigenvalue weighted by Crippen LogP contribution is 2.42. The molecule has 0 aromatic heterocycles. The lowest BCUT2D eigenvalue weighted by atomic mass is 9.74. The van der Waals surface area contributed by atoms with Crippen LogP contribution in [0.3, 0.4) is 0 Å². The van der Waals surface area contributed by atoms with Crippen molar-refractivity contribution in [2.24, 2.45) is 0 Å². The number of likely N-dealkylation sites (N-methyl/N-ethyl adjacent to an activating group) is 1. The summed E-state index contributed by atoms with van der Waals surface area (Å²) in [5, 5.41) is 3.25. The zero-order valence-electron chi connectivity index (χ0n) is 16.8. The van der Waals surface area contributed by atoms with Gasteiger partial charge in [-0.1, -0.05) is 29.8 Å². The van der Waals surface area contributed by atoms with E-state index in [-0.39, 0.29) is 24.3 Å². The minimum Gasteiger partial charge on any atom is -0.420 e. The molecule has 3 atom stereocenters. The minimum atomic E-state index is -1.15. The smallest absolute Gasteiger partial charge is 0.412 e. The third-order valence-electron chi connectivity index (χ3n) is 5.70. The molecule has 1 aromatic carbocycles. The molecule has 0 radical (unpaired) electrons. The Morgan fingerprint density at radius 1 is 1.31 bits per heavy atom. The molecule has 29 heavy (non-hydrogen) atoms. The predicted molar refractivity (Wildman–Crippen MR) is 107 cm³/mol. The third-order valence-corrected chi connectivity index (χ3v) is 6.03. The molecule has 8 heteroatoms. The van der Waals surface area contributed by atoms with Crippen LogP contribution >= 0.6 is 11.6 Å². The molecular weight excluding hydrogens is 396 g/mol. The van der Waals surface area contributed by atoms with Crippen molar-refractivity contribution in [2.75, 3.05) is 13.7 Å². The molecule has 1 N–H and O–H groups in total. The fraction of sp³-hybridized carbons (Fsp3) is 0.571. The van der Waals surface area contributed by atoms with Crippen LogP contribution in [0.1, 0.15) is 51.0 Å². The van der Waals surface area contributed by atoms with Crippen LogP contribution in [0.25, 0.3) is 0 Å². The number of carbonyl (C=O) groups is 3. The van der Waals surface area contributed by atoms with Crippen LogP contribution in [0, 0.1) is 0 Å². The monoisotopic (exact) mass is 422 g/mol. The van der Waals surface area contributed by atoms with E-state index in [2.05, 4.69) is 5.32 Å². The molecule has 0 spiro atoms. The van der Waals surface area contributed by atoms with E-state index in [1.54, 1.807) is 32.2 Å². The summed E-state index contributed by atoms with van der Waals surface area (Å²) in [5.41, 5.74) is -0.527. The quantitative estimate of drug-likeness (QED) is 0.710. The molecule has 7 nitrogen and oxygen atoms in total. The molecule has 3 rings (SSSR count). The number of hydrogen-bond donors (Lipinski definition) is 1. The summed E-state index contributed by atoms with van der Waals surface area (Å²) >= 11 is 6.41. The fourth-order valence-corrected chi connectivity index (χ4v) is 4.39. The first-order valence-corrected chi connectivity index (χ1v) is 10.4. The number of benzene rings is 1. The lowest BCUT2D eigenvalue weighted by Gasteiger charge is -2.43. The summed E-state index contributed by atoms with van der Waals surface area (Å²) in [5.74, 6) is -0.0426. The van der Waals surface area contributed by atoms with Gasteiger partial charge in [-0.2, -0.15) is 0 Å².